The lowest BCUT2D eigenvalue weighted by Gasteiger charge is -2.52. The fourth-order valence-electron chi connectivity index (χ4n) is 13.9. The molecule has 7 rings (SSSR count). The lowest BCUT2D eigenvalue weighted by atomic mass is 9.94. The van der Waals surface area contributed by atoms with Crippen LogP contribution in [0.3, 0.4) is 0 Å². The summed E-state index contributed by atoms with van der Waals surface area (Å²) in [5.41, 5.74) is 0. The fourth-order valence-corrected chi connectivity index (χ4v) is 13.9. The summed E-state index contributed by atoms with van der Waals surface area (Å²) in [5.74, 6) is -11.3. The van der Waals surface area contributed by atoms with Crippen LogP contribution in [0.1, 0.15) is 193 Å². The van der Waals surface area contributed by atoms with Gasteiger partial charge in [-0.3, -0.25) is 28.8 Å². The summed E-state index contributed by atoms with van der Waals surface area (Å²) in [7, 11) is 0. The van der Waals surface area contributed by atoms with Crippen molar-refractivity contribution in [2.75, 3.05) is 26.4 Å². The van der Waals surface area contributed by atoms with Crippen molar-refractivity contribution < 1.29 is 180 Å². The molecule has 0 aromatic heterocycles. The molecule has 0 aliphatic carbocycles. The lowest BCUT2D eigenvalue weighted by Crippen LogP contribution is -2.70. The highest BCUT2D eigenvalue weighted by molar-refractivity contribution is 5.75. The van der Waals surface area contributed by atoms with Crippen molar-refractivity contribution in [1.82, 2.24) is 0 Å². The van der Waals surface area contributed by atoms with Crippen LogP contribution in [0.4, 0.5) is 0 Å². The number of esters is 6. The number of rotatable bonds is 25. The molecule has 0 saturated carbocycles. The second-order valence-electron chi connectivity index (χ2n) is 31.6. The third-order valence-corrected chi connectivity index (χ3v) is 22.8. The molecule has 7 fully saturated rings. The molecule has 13 N–H and O–H groups in total. The molecular weight excluding hydrogens is 1520 g/mol. The Kier molecular flexibility index (Phi) is 39.1. The third kappa shape index (κ3) is 25.2. The number of carbonyl (C=O) groups is 6. The maximum atomic E-state index is 14.7. The van der Waals surface area contributed by atoms with Gasteiger partial charge in [0.15, 0.2) is 68.3 Å². The van der Waals surface area contributed by atoms with Gasteiger partial charge in [-0.2, -0.15) is 0 Å². The van der Waals surface area contributed by atoms with Crippen molar-refractivity contribution in [1.29, 1.82) is 0 Å². The molecule has 38 atom stereocenters. The monoisotopic (exact) mass is 1650 g/mol. The van der Waals surface area contributed by atoms with E-state index in [1.54, 1.807) is 20.8 Å². The van der Waals surface area contributed by atoms with Gasteiger partial charge in [0, 0.05) is 6.42 Å². The summed E-state index contributed by atoms with van der Waals surface area (Å²) in [6.07, 6.45) is -54.7. The van der Waals surface area contributed by atoms with Gasteiger partial charge in [-0.25, -0.2) is 0 Å². The standard InChI is InChI=1S/C77H130O37/c1-14-18-27-43-28-25-23-21-19-20-22-24-26-29-48(82)106-62-55(89)51(85)45(31-79)103-74(62)98-33-47-59(108-67(92)34(5)15-2)61(109-68(93)35(6)16-3)57(91)73(105-47)111-60-52(86)46(32-97-70(95)37(8)39(10)80)104-77(112-63-54(88)49(83)41(12)99-75(63)101-43)65(60)114-76-66(110-69(94)36(7)17-4)64(58(42(13)100-76)107-71(96)38(9)40(11)81)113-72-56(90)53(87)50(84)44(30-78)102-72/h34-47,49-66,72-81,83-91H,14-33H2,1-13H3/t34-,35-,36-,37+,38+,39+,40+,41+,42-,43-,44+,45+,46+,47+,49+,50+,51+,52+,53-,54-,55-,56+,57+,58-,59+,60-,61+,62+,63+,64+,65+,66+,72-,73-,74+,75-,76-,77-/m0/s1. The highest BCUT2D eigenvalue weighted by Gasteiger charge is 2.61. The minimum atomic E-state index is -2.38. The van der Waals surface area contributed by atoms with Gasteiger partial charge < -0.3 is 152 Å². The fraction of sp³-hybridized carbons (Fsp3) is 0.922. The highest BCUT2D eigenvalue weighted by Crippen LogP contribution is 2.42. The Morgan fingerprint density at radius 1 is 0.430 bits per heavy atom. The average Bonchev–Trinajstić information content (AvgIpc) is 0.753. The Balaban J connectivity index is 1.51. The van der Waals surface area contributed by atoms with E-state index in [2.05, 4.69) is 0 Å². The van der Waals surface area contributed by atoms with Gasteiger partial charge in [-0.1, -0.05) is 106 Å². The number of aliphatic hydroxyl groups excluding tert-OH is 13. The Bertz CT molecular complexity index is 2910. The molecular formula is C77H130O37. The van der Waals surface area contributed by atoms with Crippen molar-refractivity contribution in [2.45, 2.75) is 395 Å². The molecule has 7 aliphatic rings. The molecule has 660 valence electrons. The van der Waals surface area contributed by atoms with Gasteiger partial charge in [-0.05, 0) is 80.1 Å². The Morgan fingerprint density at radius 2 is 0.947 bits per heavy atom. The van der Waals surface area contributed by atoms with Gasteiger partial charge >= 0.3 is 35.8 Å². The Morgan fingerprint density at radius 3 is 1.54 bits per heavy atom. The third-order valence-electron chi connectivity index (χ3n) is 22.8. The average molecular weight is 1650 g/mol. The molecule has 0 aromatic carbocycles. The van der Waals surface area contributed by atoms with Gasteiger partial charge in [0.1, 0.15) is 110 Å². The first kappa shape index (κ1) is 96.9. The highest BCUT2D eigenvalue weighted by atomic mass is 16.8. The Hall–Kier alpha value is -4.18. The van der Waals surface area contributed by atoms with Crippen molar-refractivity contribution in [3.05, 3.63) is 0 Å². The first-order chi connectivity index (χ1) is 54.1. The van der Waals surface area contributed by atoms with Crippen LogP contribution in [-0.4, -0.2) is 331 Å². The number of aliphatic hydroxyl groups is 13. The first-order valence-electron chi connectivity index (χ1n) is 40.8. The maximum Gasteiger partial charge on any atom is 0.311 e. The largest absolute Gasteiger partial charge is 0.463 e. The summed E-state index contributed by atoms with van der Waals surface area (Å²) in [4.78, 5) is 85.2. The van der Waals surface area contributed by atoms with Gasteiger partial charge in [0.2, 0.25) is 0 Å². The van der Waals surface area contributed by atoms with E-state index >= 15 is 0 Å². The van der Waals surface area contributed by atoms with Crippen LogP contribution in [-0.2, 0) is 114 Å². The molecule has 0 aromatic rings. The summed E-state index contributed by atoms with van der Waals surface area (Å²) in [6.45, 7) is 15.6. The number of ether oxygens (including phenoxy) is 18. The van der Waals surface area contributed by atoms with Crippen LogP contribution in [0.15, 0.2) is 0 Å². The van der Waals surface area contributed by atoms with Gasteiger partial charge in [0.25, 0.3) is 0 Å². The van der Waals surface area contributed by atoms with E-state index < -0.39 is 294 Å². The molecule has 114 heavy (non-hydrogen) atoms. The number of unbranched alkanes of at least 4 members (excludes halogenated alkanes) is 1. The summed E-state index contributed by atoms with van der Waals surface area (Å²) in [5, 5.41) is 150. The van der Waals surface area contributed by atoms with Gasteiger partial charge in [0.05, 0.1) is 79.9 Å². The number of hydrogen-bond donors (Lipinski definition) is 13. The molecule has 7 heterocycles. The van der Waals surface area contributed by atoms with E-state index in [-0.39, 0.29) is 25.7 Å². The zero-order valence-electron chi connectivity index (χ0n) is 67.7. The molecule has 4 bridgehead atoms. The van der Waals surface area contributed by atoms with Gasteiger partial charge in [-0.15, -0.1) is 0 Å². The van der Waals surface area contributed by atoms with E-state index in [1.807, 2.05) is 6.92 Å². The summed E-state index contributed by atoms with van der Waals surface area (Å²) in [6, 6.07) is 0. The van der Waals surface area contributed by atoms with Crippen molar-refractivity contribution in [3.63, 3.8) is 0 Å². The molecule has 0 amide bonds. The second kappa shape index (κ2) is 46.0. The quantitative estimate of drug-likeness (QED) is 0.0420. The van der Waals surface area contributed by atoms with Crippen LogP contribution in [0, 0.1) is 29.6 Å². The molecule has 7 aliphatic heterocycles. The van der Waals surface area contributed by atoms with E-state index in [0.29, 0.717) is 38.5 Å². The lowest BCUT2D eigenvalue weighted by molar-refractivity contribution is -0.414. The van der Waals surface area contributed by atoms with E-state index in [4.69, 9.17) is 85.3 Å². The van der Waals surface area contributed by atoms with Crippen LogP contribution >= 0.6 is 0 Å². The van der Waals surface area contributed by atoms with Crippen LogP contribution in [0.25, 0.3) is 0 Å². The summed E-state index contributed by atoms with van der Waals surface area (Å²) < 4.78 is 115. The first-order valence-corrected chi connectivity index (χ1v) is 40.8. The molecule has 0 radical (unpaired) electrons. The van der Waals surface area contributed by atoms with Crippen molar-refractivity contribution >= 4 is 35.8 Å². The minimum Gasteiger partial charge on any atom is -0.463 e. The predicted molar refractivity (Wildman–Crippen MR) is 388 cm³/mol. The van der Waals surface area contributed by atoms with E-state index in [0.717, 1.165) is 38.5 Å². The molecule has 0 spiro atoms. The normalized spacial score (nSPS) is 40.6. The molecule has 37 nitrogen and oxygen atoms in total. The Labute approximate surface area is 665 Å². The van der Waals surface area contributed by atoms with Crippen molar-refractivity contribution in [3.8, 4) is 0 Å². The minimum absolute atomic E-state index is 0.100. The SMILES string of the molecule is CCCC[C@H]1CCCCCCCCCCC(=O)O[C@H]2[C@H](OC[C@H]3O[C@@H](O[C@H]4[C@H](O)[C@@H](COC(=O)[C@H](C)[C@@H](C)O)O[C@@H](O[C@H]5[C@H](O1)O[C@H](C)[C@@H](O)[C@@H]5O)[C@@H]4O[C@@H]1O[C@@H](C)[C@H](OC(=O)[C@H](C)[C@@H](C)O)[C@@H](O[C@@H]4O[C@H](CO)[C@@H](O)[C@H](O)[C@H]4O)[C@H]1OC(=O)[C@@H](C)CC)[C@H](O)[C@@H](OC(=O)[C@@H](C)CC)[C@@H]3OC(=O)[C@@H](C)CC)O[C@H](CO)[C@@H](O)[C@@H]2O. The second-order valence-corrected chi connectivity index (χ2v) is 31.6. The zero-order valence-corrected chi connectivity index (χ0v) is 67.7. The van der Waals surface area contributed by atoms with Crippen LogP contribution in [0.5, 0.6) is 0 Å². The molecule has 7 saturated heterocycles. The number of fused-ring (bicyclic) bond motifs is 6. The van der Waals surface area contributed by atoms with Crippen LogP contribution < -0.4 is 0 Å². The number of carbonyl (C=O) groups excluding carboxylic acids is 6. The number of hydrogen-bond acceptors (Lipinski definition) is 37. The molecule has 37 heteroatoms. The predicted octanol–water partition coefficient (Wildman–Crippen LogP) is -0.0700. The van der Waals surface area contributed by atoms with Crippen LogP contribution in [0.2, 0.25) is 0 Å². The smallest absolute Gasteiger partial charge is 0.311 e. The van der Waals surface area contributed by atoms with E-state index in [9.17, 15) is 95.2 Å². The zero-order chi connectivity index (χ0) is 84.3. The van der Waals surface area contributed by atoms with Crippen molar-refractivity contribution in [2.24, 2.45) is 29.6 Å². The maximum absolute atomic E-state index is 14.7. The summed E-state index contributed by atoms with van der Waals surface area (Å²) >= 11 is 0. The topological polar surface area (TPSA) is 532 Å². The van der Waals surface area contributed by atoms with E-state index in [1.165, 1.54) is 62.3 Å². The molecule has 0 unspecified atom stereocenters.